The number of esters is 1. The molecule has 0 saturated carbocycles. The van der Waals surface area contributed by atoms with Gasteiger partial charge in [0.05, 0.1) is 16.1 Å². The molecule has 0 aliphatic heterocycles. The van der Waals surface area contributed by atoms with E-state index in [0.717, 1.165) is 12.1 Å². The predicted octanol–water partition coefficient (Wildman–Crippen LogP) is 4.89. The normalized spacial score (nSPS) is 12.4. The van der Waals surface area contributed by atoms with Gasteiger partial charge in [0.15, 0.2) is 6.10 Å². The lowest BCUT2D eigenvalue weighted by molar-refractivity contribution is -0.385. The zero-order valence-electron chi connectivity index (χ0n) is 15.6. The fraction of sp³-hybridized carbons (Fsp3) is 0.211. The van der Waals surface area contributed by atoms with Crippen LogP contribution in [-0.4, -0.2) is 21.0 Å². The molecule has 1 atom stereocenters. The number of benzene rings is 2. The molecule has 3 rings (SSSR count). The maximum atomic E-state index is 12.9. The molecule has 2 aromatic carbocycles. The van der Waals surface area contributed by atoms with Crippen molar-refractivity contribution in [3.8, 4) is 11.4 Å². The summed E-state index contributed by atoms with van der Waals surface area (Å²) in [6.45, 7) is 2.93. The van der Waals surface area contributed by atoms with E-state index in [-0.39, 0.29) is 34.1 Å². The lowest BCUT2D eigenvalue weighted by Crippen LogP contribution is -2.10. The zero-order valence-corrected chi connectivity index (χ0v) is 15.6. The van der Waals surface area contributed by atoms with E-state index in [0.29, 0.717) is 0 Å². The van der Waals surface area contributed by atoms with E-state index >= 15 is 0 Å². The molecule has 156 valence electrons. The van der Waals surface area contributed by atoms with Gasteiger partial charge in [-0.15, -0.1) is 0 Å². The van der Waals surface area contributed by atoms with Crippen LogP contribution >= 0.6 is 0 Å². The predicted molar refractivity (Wildman–Crippen MR) is 96.4 cm³/mol. The average Bonchev–Trinajstić information content (AvgIpc) is 3.17. The highest BCUT2D eigenvalue weighted by molar-refractivity contribution is 5.90. The Morgan fingerprint density at radius 1 is 1.23 bits per heavy atom. The highest BCUT2D eigenvalue weighted by Gasteiger charge is 2.31. The first kappa shape index (κ1) is 21.0. The molecule has 0 aliphatic carbocycles. The van der Waals surface area contributed by atoms with Crippen LogP contribution in [0.15, 0.2) is 47.0 Å². The first-order valence-electron chi connectivity index (χ1n) is 8.53. The second-order valence-corrected chi connectivity index (χ2v) is 6.34. The van der Waals surface area contributed by atoms with Crippen molar-refractivity contribution >= 4 is 11.7 Å². The first-order chi connectivity index (χ1) is 14.1. The smallest absolute Gasteiger partial charge is 0.416 e. The van der Waals surface area contributed by atoms with Gasteiger partial charge in [0, 0.05) is 17.2 Å². The van der Waals surface area contributed by atoms with Gasteiger partial charge < -0.3 is 9.26 Å². The maximum absolute atomic E-state index is 12.9. The first-order valence-corrected chi connectivity index (χ1v) is 8.53. The third-order valence-electron chi connectivity index (χ3n) is 4.15. The quantitative estimate of drug-likeness (QED) is 0.328. The number of rotatable bonds is 5. The number of alkyl halides is 3. The van der Waals surface area contributed by atoms with Crippen LogP contribution in [0.25, 0.3) is 11.4 Å². The number of aryl methyl sites for hydroxylation is 1. The van der Waals surface area contributed by atoms with Gasteiger partial charge in [0.25, 0.3) is 11.6 Å². The average molecular weight is 421 g/mol. The van der Waals surface area contributed by atoms with Gasteiger partial charge in [-0.25, -0.2) is 4.79 Å². The molecule has 30 heavy (non-hydrogen) atoms. The van der Waals surface area contributed by atoms with E-state index in [2.05, 4.69) is 10.1 Å². The van der Waals surface area contributed by atoms with Gasteiger partial charge in [0.2, 0.25) is 5.82 Å². The summed E-state index contributed by atoms with van der Waals surface area (Å²) < 4.78 is 48.8. The van der Waals surface area contributed by atoms with Crippen molar-refractivity contribution in [3.05, 3.63) is 75.2 Å². The van der Waals surface area contributed by atoms with Crippen molar-refractivity contribution in [3.63, 3.8) is 0 Å². The summed E-state index contributed by atoms with van der Waals surface area (Å²) in [7, 11) is 0. The van der Waals surface area contributed by atoms with Crippen molar-refractivity contribution in [2.45, 2.75) is 26.1 Å². The zero-order chi connectivity index (χ0) is 22.1. The molecule has 11 heteroatoms. The summed E-state index contributed by atoms with van der Waals surface area (Å²) >= 11 is 0. The number of hydrogen-bond donors (Lipinski definition) is 0. The number of halogens is 3. The number of nitrogens with zero attached hydrogens (tertiary/aromatic N) is 3. The van der Waals surface area contributed by atoms with E-state index in [9.17, 15) is 28.1 Å². The molecular weight excluding hydrogens is 407 g/mol. The Balaban J connectivity index is 1.75. The van der Waals surface area contributed by atoms with Crippen LogP contribution in [0.2, 0.25) is 0 Å². The molecular formula is C19H14F3N3O5. The van der Waals surface area contributed by atoms with Crippen LogP contribution in [0, 0.1) is 17.0 Å². The topological polar surface area (TPSA) is 108 Å². The molecule has 1 unspecified atom stereocenters. The molecule has 0 N–H and O–H groups in total. The molecule has 8 nitrogen and oxygen atoms in total. The molecule has 1 aromatic heterocycles. The summed E-state index contributed by atoms with van der Waals surface area (Å²) in [6, 6.07) is 8.16. The summed E-state index contributed by atoms with van der Waals surface area (Å²) in [5.41, 5.74) is -0.541. The summed E-state index contributed by atoms with van der Waals surface area (Å²) in [4.78, 5) is 26.6. The van der Waals surface area contributed by atoms with E-state index in [1.165, 1.54) is 44.2 Å². The molecule has 1 heterocycles. The molecule has 0 fully saturated rings. The minimum atomic E-state index is -4.52. The maximum Gasteiger partial charge on any atom is 0.416 e. The Bertz CT molecular complexity index is 1110. The van der Waals surface area contributed by atoms with E-state index in [4.69, 9.17) is 9.26 Å². The highest BCUT2D eigenvalue weighted by atomic mass is 19.4. The van der Waals surface area contributed by atoms with Crippen molar-refractivity contribution in [2.24, 2.45) is 0 Å². The second kappa shape index (κ2) is 7.93. The van der Waals surface area contributed by atoms with Crippen LogP contribution in [0.3, 0.4) is 0 Å². The fourth-order valence-electron chi connectivity index (χ4n) is 2.62. The molecule has 0 saturated heterocycles. The number of carbonyl (C=O) groups is 1. The minimum Gasteiger partial charge on any atom is -0.449 e. The molecule has 3 aromatic rings. The number of nitro benzene ring substituents is 1. The molecule has 0 radical (unpaired) electrons. The van der Waals surface area contributed by atoms with Gasteiger partial charge in [-0.1, -0.05) is 17.3 Å². The van der Waals surface area contributed by atoms with Crippen LogP contribution in [0.5, 0.6) is 0 Å². The fourth-order valence-corrected chi connectivity index (χ4v) is 2.62. The third-order valence-corrected chi connectivity index (χ3v) is 4.15. The monoisotopic (exact) mass is 421 g/mol. The van der Waals surface area contributed by atoms with Crippen LogP contribution in [-0.2, 0) is 10.9 Å². The standard InChI is InChI=1S/C19H14F3N3O5/c1-10-8-13(6-7-15(10)25(27)28)18(26)29-11(2)17-23-16(24-30-17)12-4-3-5-14(9-12)19(20,21)22/h3-9,11H,1-2H3. The number of nitro groups is 1. The number of hydrogen-bond acceptors (Lipinski definition) is 7. The Morgan fingerprint density at radius 2 is 1.97 bits per heavy atom. The van der Waals surface area contributed by atoms with Crippen molar-refractivity contribution < 1.29 is 32.1 Å². The largest absolute Gasteiger partial charge is 0.449 e. The van der Waals surface area contributed by atoms with Gasteiger partial charge in [-0.05, 0) is 38.1 Å². The molecule has 0 spiro atoms. The van der Waals surface area contributed by atoms with Gasteiger partial charge >= 0.3 is 12.1 Å². The Morgan fingerprint density at radius 3 is 2.60 bits per heavy atom. The Hall–Kier alpha value is -3.76. The van der Waals surface area contributed by atoms with Crippen molar-refractivity contribution in [1.29, 1.82) is 0 Å². The third kappa shape index (κ3) is 4.45. The summed E-state index contributed by atoms with van der Waals surface area (Å²) in [6.07, 6.45) is -5.52. The minimum absolute atomic E-state index is 0.0857. The molecule has 0 bridgehead atoms. The van der Waals surface area contributed by atoms with Gasteiger partial charge in [-0.2, -0.15) is 18.2 Å². The van der Waals surface area contributed by atoms with Crippen LogP contribution in [0.1, 0.15) is 40.4 Å². The van der Waals surface area contributed by atoms with Crippen LogP contribution < -0.4 is 0 Å². The summed E-state index contributed by atoms with van der Waals surface area (Å²) in [5, 5.41) is 14.5. The SMILES string of the molecule is Cc1cc(C(=O)OC(C)c2nc(-c3cccc(C(F)(F)F)c3)no2)ccc1[N+](=O)[O-]. The van der Waals surface area contributed by atoms with Gasteiger partial charge in [-0.3, -0.25) is 10.1 Å². The number of ether oxygens (including phenoxy) is 1. The Kier molecular flexibility index (Phi) is 5.54. The lowest BCUT2D eigenvalue weighted by Gasteiger charge is -2.09. The Labute approximate surface area is 167 Å². The van der Waals surface area contributed by atoms with E-state index in [1.54, 1.807) is 0 Å². The highest BCUT2D eigenvalue weighted by Crippen LogP contribution is 2.32. The van der Waals surface area contributed by atoms with Crippen molar-refractivity contribution in [1.82, 2.24) is 10.1 Å². The number of aromatic nitrogens is 2. The van der Waals surface area contributed by atoms with Crippen molar-refractivity contribution in [2.75, 3.05) is 0 Å². The van der Waals surface area contributed by atoms with Gasteiger partial charge in [0.1, 0.15) is 0 Å². The van der Waals surface area contributed by atoms with Crippen LogP contribution in [0.4, 0.5) is 18.9 Å². The lowest BCUT2D eigenvalue weighted by atomic mass is 10.1. The molecule has 0 aliphatic rings. The van der Waals surface area contributed by atoms with E-state index < -0.39 is 28.7 Å². The second-order valence-electron chi connectivity index (χ2n) is 6.34. The molecule has 0 amide bonds. The summed E-state index contributed by atoms with van der Waals surface area (Å²) in [5.74, 6) is -0.987. The number of carbonyl (C=O) groups excluding carboxylic acids is 1. The van der Waals surface area contributed by atoms with E-state index in [1.807, 2.05) is 0 Å².